The van der Waals surface area contributed by atoms with Gasteiger partial charge in [0, 0.05) is 32.7 Å². The van der Waals surface area contributed by atoms with Gasteiger partial charge in [-0.2, -0.15) is 0 Å². The fourth-order valence-electron chi connectivity index (χ4n) is 4.32. The maximum atomic E-state index is 12.7. The Labute approximate surface area is 185 Å². The fourth-order valence-corrected chi connectivity index (χ4v) is 4.32. The summed E-state index contributed by atoms with van der Waals surface area (Å²) in [5, 5.41) is 0. The zero-order chi connectivity index (χ0) is 22.4. The largest absolute Gasteiger partial charge is 0.381 e. The summed E-state index contributed by atoms with van der Waals surface area (Å²) in [4.78, 5) is 14.7. The molecule has 0 saturated heterocycles. The molecule has 0 bridgehead atoms. The Kier molecular flexibility index (Phi) is 9.20. The van der Waals surface area contributed by atoms with Crippen molar-refractivity contribution in [3.63, 3.8) is 0 Å². The van der Waals surface area contributed by atoms with Crippen molar-refractivity contribution in [3.05, 3.63) is 0 Å². The molecule has 2 saturated carbocycles. The number of hydrogen-bond acceptors (Lipinski definition) is 4. The number of amides is 1. The molecule has 0 aromatic carbocycles. The fraction of sp³-hybridized carbons (Fsp3) is 0.960. The molecule has 5 nitrogen and oxygen atoms in total. The normalized spacial score (nSPS) is 23.6. The highest BCUT2D eigenvalue weighted by Gasteiger charge is 2.40. The summed E-state index contributed by atoms with van der Waals surface area (Å²) < 4.78 is 17.8. The molecule has 0 N–H and O–H groups in total. The van der Waals surface area contributed by atoms with Crippen molar-refractivity contribution in [1.29, 1.82) is 0 Å². The van der Waals surface area contributed by atoms with Crippen molar-refractivity contribution in [2.45, 2.75) is 123 Å². The SMILES string of the molecule is CN(C(=O)CCC1(COCCCCOC(C)(C)C)CCC1)C1CC(OC(C)(C)C)C1. The molecule has 0 spiro atoms. The molecule has 2 fully saturated rings. The van der Waals surface area contributed by atoms with E-state index in [4.69, 9.17) is 14.2 Å². The van der Waals surface area contributed by atoms with E-state index in [-0.39, 0.29) is 22.5 Å². The topological polar surface area (TPSA) is 48.0 Å². The summed E-state index contributed by atoms with van der Waals surface area (Å²) in [6.45, 7) is 14.9. The van der Waals surface area contributed by atoms with Gasteiger partial charge in [0.25, 0.3) is 0 Å². The molecule has 0 atom stereocenters. The Bertz CT molecular complexity index is 524. The third-order valence-electron chi connectivity index (χ3n) is 6.44. The molecular formula is C25H47NO4. The van der Waals surface area contributed by atoms with Crippen molar-refractivity contribution >= 4 is 5.91 Å². The van der Waals surface area contributed by atoms with Crippen LogP contribution in [0.25, 0.3) is 0 Å². The Morgan fingerprint density at radius 1 is 1.00 bits per heavy atom. The van der Waals surface area contributed by atoms with Gasteiger partial charge in [-0.1, -0.05) is 6.42 Å². The molecule has 0 aromatic rings. The van der Waals surface area contributed by atoms with Crippen molar-refractivity contribution < 1.29 is 19.0 Å². The molecule has 1 amide bonds. The molecule has 5 heteroatoms. The van der Waals surface area contributed by atoms with Crippen LogP contribution in [0.1, 0.15) is 99.3 Å². The Hall–Kier alpha value is -0.650. The quantitative estimate of drug-likeness (QED) is 0.395. The Morgan fingerprint density at radius 3 is 2.17 bits per heavy atom. The smallest absolute Gasteiger partial charge is 0.222 e. The molecule has 0 unspecified atom stereocenters. The van der Waals surface area contributed by atoms with Crippen LogP contribution in [0.15, 0.2) is 0 Å². The zero-order valence-corrected chi connectivity index (χ0v) is 20.7. The van der Waals surface area contributed by atoms with E-state index < -0.39 is 0 Å². The monoisotopic (exact) mass is 425 g/mol. The molecule has 2 aliphatic rings. The van der Waals surface area contributed by atoms with Crippen LogP contribution >= 0.6 is 0 Å². The lowest BCUT2D eigenvalue weighted by atomic mass is 9.66. The summed E-state index contributed by atoms with van der Waals surface area (Å²) >= 11 is 0. The van der Waals surface area contributed by atoms with E-state index in [0.717, 1.165) is 51.9 Å². The predicted octanol–water partition coefficient (Wildman–Crippen LogP) is 5.35. The molecule has 2 rings (SSSR count). The first-order chi connectivity index (χ1) is 13.9. The van der Waals surface area contributed by atoms with Crippen LogP contribution in [0, 0.1) is 5.41 Å². The van der Waals surface area contributed by atoms with Crippen LogP contribution < -0.4 is 0 Å². The first kappa shape index (κ1) is 25.6. The number of unbranched alkanes of at least 4 members (excludes halogenated alkanes) is 1. The minimum Gasteiger partial charge on any atom is -0.381 e. The highest BCUT2D eigenvalue weighted by molar-refractivity contribution is 5.76. The summed E-state index contributed by atoms with van der Waals surface area (Å²) in [5.41, 5.74) is 0.0703. The lowest BCUT2D eigenvalue weighted by Gasteiger charge is -2.44. The van der Waals surface area contributed by atoms with Gasteiger partial charge in [0.05, 0.1) is 23.9 Å². The number of hydrogen-bond donors (Lipinski definition) is 0. The number of rotatable bonds is 12. The van der Waals surface area contributed by atoms with Gasteiger partial charge in [-0.05, 0) is 91.9 Å². The number of carbonyl (C=O) groups excluding carboxylic acids is 1. The Morgan fingerprint density at radius 2 is 1.63 bits per heavy atom. The van der Waals surface area contributed by atoms with Crippen LogP contribution in [0.2, 0.25) is 0 Å². The van der Waals surface area contributed by atoms with Gasteiger partial charge < -0.3 is 19.1 Å². The van der Waals surface area contributed by atoms with Gasteiger partial charge in [0.1, 0.15) is 0 Å². The maximum absolute atomic E-state index is 12.7. The minimum atomic E-state index is -0.103. The Balaban J connectivity index is 1.59. The molecule has 0 aromatic heterocycles. The second kappa shape index (κ2) is 10.8. The summed E-state index contributed by atoms with van der Waals surface area (Å²) in [5.74, 6) is 0.278. The summed E-state index contributed by atoms with van der Waals surface area (Å²) in [7, 11) is 1.96. The van der Waals surface area contributed by atoms with Gasteiger partial charge in [0.15, 0.2) is 0 Å². The second-order valence-electron chi connectivity index (χ2n) is 11.6. The van der Waals surface area contributed by atoms with Crippen LogP contribution in [-0.2, 0) is 19.0 Å². The third-order valence-corrected chi connectivity index (χ3v) is 6.44. The maximum Gasteiger partial charge on any atom is 0.222 e. The van der Waals surface area contributed by atoms with E-state index in [0.29, 0.717) is 18.6 Å². The first-order valence-electron chi connectivity index (χ1n) is 12.0. The van der Waals surface area contributed by atoms with Gasteiger partial charge in [0.2, 0.25) is 5.91 Å². The van der Waals surface area contributed by atoms with E-state index in [9.17, 15) is 4.79 Å². The zero-order valence-electron chi connectivity index (χ0n) is 20.7. The lowest BCUT2D eigenvalue weighted by molar-refractivity contribution is -0.146. The van der Waals surface area contributed by atoms with Gasteiger partial charge in [-0.25, -0.2) is 0 Å². The first-order valence-corrected chi connectivity index (χ1v) is 12.0. The second-order valence-corrected chi connectivity index (χ2v) is 11.6. The van der Waals surface area contributed by atoms with E-state index in [1.165, 1.54) is 19.3 Å². The van der Waals surface area contributed by atoms with Crippen molar-refractivity contribution in [1.82, 2.24) is 4.90 Å². The van der Waals surface area contributed by atoms with E-state index in [1.54, 1.807) is 0 Å². The molecule has 2 aliphatic carbocycles. The van der Waals surface area contributed by atoms with E-state index >= 15 is 0 Å². The lowest BCUT2D eigenvalue weighted by Crippen LogP contribution is -2.50. The van der Waals surface area contributed by atoms with Crippen molar-refractivity contribution in [3.8, 4) is 0 Å². The van der Waals surface area contributed by atoms with Crippen LogP contribution in [0.4, 0.5) is 0 Å². The van der Waals surface area contributed by atoms with Crippen LogP contribution in [0.3, 0.4) is 0 Å². The average Bonchev–Trinajstić information content (AvgIpc) is 2.55. The van der Waals surface area contributed by atoms with Crippen molar-refractivity contribution in [2.75, 3.05) is 26.9 Å². The predicted molar refractivity (Wildman–Crippen MR) is 122 cm³/mol. The molecular weight excluding hydrogens is 378 g/mol. The molecule has 0 aliphatic heterocycles. The van der Waals surface area contributed by atoms with Gasteiger partial charge >= 0.3 is 0 Å². The van der Waals surface area contributed by atoms with E-state index in [1.807, 2.05) is 11.9 Å². The van der Waals surface area contributed by atoms with Crippen LogP contribution in [0.5, 0.6) is 0 Å². The van der Waals surface area contributed by atoms with Crippen molar-refractivity contribution in [2.24, 2.45) is 5.41 Å². The molecule has 176 valence electrons. The number of carbonyl (C=O) groups is 1. The number of ether oxygens (including phenoxy) is 3. The van der Waals surface area contributed by atoms with Gasteiger partial charge in [-0.3, -0.25) is 4.79 Å². The standard InChI is InChI=1S/C25H47NO4/c1-23(2,3)29-16-9-8-15-28-19-25(12-10-13-25)14-11-22(27)26(7)20-17-21(18-20)30-24(4,5)6/h20-21H,8-19H2,1-7H3. The molecule has 30 heavy (non-hydrogen) atoms. The number of nitrogens with zero attached hydrogens (tertiary/aromatic N) is 1. The highest BCUT2D eigenvalue weighted by atomic mass is 16.5. The van der Waals surface area contributed by atoms with Crippen LogP contribution in [-0.4, -0.2) is 61.0 Å². The highest BCUT2D eigenvalue weighted by Crippen LogP contribution is 2.45. The van der Waals surface area contributed by atoms with Gasteiger partial charge in [-0.15, -0.1) is 0 Å². The average molecular weight is 426 g/mol. The molecule has 0 radical (unpaired) electrons. The third kappa shape index (κ3) is 8.84. The van der Waals surface area contributed by atoms with E-state index in [2.05, 4.69) is 41.5 Å². The summed E-state index contributed by atoms with van der Waals surface area (Å²) in [6, 6.07) is 0.341. The minimum absolute atomic E-state index is 0.0590. The summed E-state index contributed by atoms with van der Waals surface area (Å²) in [6.07, 6.45) is 9.55. The molecule has 0 heterocycles.